The van der Waals surface area contributed by atoms with Gasteiger partial charge in [-0.2, -0.15) is 13.2 Å². The number of alkyl halides is 3. The predicted octanol–water partition coefficient (Wildman–Crippen LogP) is 3.94. The number of benzene rings is 2. The minimum Gasteiger partial charge on any atom is -0.349 e. The summed E-state index contributed by atoms with van der Waals surface area (Å²) in [5.74, 6) is -2.34. The van der Waals surface area contributed by atoms with E-state index in [0.717, 1.165) is 4.57 Å². The van der Waals surface area contributed by atoms with Crippen molar-refractivity contribution in [3.05, 3.63) is 59.7 Å². The Kier molecular flexibility index (Phi) is 5.77. The van der Waals surface area contributed by atoms with Crippen molar-refractivity contribution in [3.8, 4) is 0 Å². The molecule has 1 heterocycles. The third-order valence-electron chi connectivity index (χ3n) is 4.46. The Labute approximate surface area is 168 Å². The van der Waals surface area contributed by atoms with Crippen LogP contribution in [0.25, 0.3) is 11.0 Å². The first-order valence-corrected chi connectivity index (χ1v) is 8.90. The first-order chi connectivity index (χ1) is 14.0. The molecule has 3 aromatic rings. The van der Waals surface area contributed by atoms with E-state index in [0.29, 0.717) is 5.56 Å². The molecule has 0 saturated carbocycles. The molecule has 2 amide bonds. The zero-order chi connectivity index (χ0) is 22.1. The Morgan fingerprint density at radius 2 is 1.80 bits per heavy atom. The van der Waals surface area contributed by atoms with E-state index in [-0.39, 0.29) is 29.0 Å². The Hall–Kier alpha value is -3.43. The van der Waals surface area contributed by atoms with Crippen LogP contribution < -0.4 is 10.6 Å². The topological polar surface area (TPSA) is 76.0 Å². The van der Waals surface area contributed by atoms with Gasteiger partial charge >= 0.3 is 6.18 Å². The number of imidazole rings is 1. The van der Waals surface area contributed by atoms with E-state index in [1.165, 1.54) is 56.4 Å². The molecule has 2 aromatic carbocycles. The maximum Gasteiger partial charge on any atom is 0.449 e. The van der Waals surface area contributed by atoms with Crippen molar-refractivity contribution in [1.82, 2.24) is 14.9 Å². The molecule has 1 atom stereocenters. The van der Waals surface area contributed by atoms with Gasteiger partial charge in [0.25, 0.3) is 0 Å². The molecule has 1 aromatic heterocycles. The number of fused-ring (bicyclic) bond motifs is 1. The van der Waals surface area contributed by atoms with Crippen LogP contribution in [0.15, 0.2) is 42.5 Å². The number of nitrogens with zero attached hydrogens (tertiary/aromatic N) is 2. The van der Waals surface area contributed by atoms with Crippen molar-refractivity contribution in [2.75, 3.05) is 5.32 Å². The van der Waals surface area contributed by atoms with Crippen LogP contribution in [0.1, 0.15) is 30.8 Å². The summed E-state index contributed by atoms with van der Waals surface area (Å²) >= 11 is 0. The fraction of sp³-hybridized carbons (Fsp3) is 0.250. The molecule has 0 spiro atoms. The highest BCUT2D eigenvalue weighted by Crippen LogP contribution is 2.31. The molecule has 0 saturated heterocycles. The van der Waals surface area contributed by atoms with Gasteiger partial charge in [-0.15, -0.1) is 0 Å². The number of carbonyl (C=O) groups is 2. The van der Waals surface area contributed by atoms with Gasteiger partial charge in [0.1, 0.15) is 5.82 Å². The number of anilines is 1. The molecule has 0 aliphatic heterocycles. The van der Waals surface area contributed by atoms with Gasteiger partial charge in [0.15, 0.2) is 0 Å². The van der Waals surface area contributed by atoms with Gasteiger partial charge in [0.2, 0.25) is 17.6 Å². The van der Waals surface area contributed by atoms with Crippen LogP contribution in [-0.2, 0) is 22.8 Å². The van der Waals surface area contributed by atoms with Crippen LogP contribution in [0, 0.1) is 5.82 Å². The average molecular weight is 422 g/mol. The Bertz CT molecular complexity index is 1090. The zero-order valence-corrected chi connectivity index (χ0v) is 16.0. The number of hydrogen-bond acceptors (Lipinski definition) is 3. The summed E-state index contributed by atoms with van der Waals surface area (Å²) in [5, 5.41) is 5.22. The van der Waals surface area contributed by atoms with Gasteiger partial charge in [-0.25, -0.2) is 9.37 Å². The molecule has 0 fully saturated rings. The standard InChI is InChI=1S/C20H18F4N4O2/c1-11(29)25-15(12-3-5-13(21)6-4-12)10-18(30)26-14-7-8-17-16(9-14)27-19(28(17)2)20(22,23)24/h3-9,15H,10H2,1-2H3,(H,25,29)(H,26,30)/t15-/m1/s1. The van der Waals surface area contributed by atoms with Crippen molar-refractivity contribution >= 4 is 28.5 Å². The largest absolute Gasteiger partial charge is 0.449 e. The molecular formula is C20H18F4N4O2. The summed E-state index contributed by atoms with van der Waals surface area (Å²) in [4.78, 5) is 27.5. The summed E-state index contributed by atoms with van der Waals surface area (Å²) in [5.41, 5.74) is 1.15. The molecule has 3 rings (SSSR count). The molecule has 0 aliphatic rings. The molecule has 10 heteroatoms. The average Bonchev–Trinajstić information content (AvgIpc) is 2.98. The van der Waals surface area contributed by atoms with Gasteiger partial charge in [-0.3, -0.25) is 9.59 Å². The Balaban J connectivity index is 1.79. The molecule has 158 valence electrons. The molecule has 30 heavy (non-hydrogen) atoms. The summed E-state index contributed by atoms with van der Waals surface area (Å²) in [6.45, 7) is 1.29. The second-order valence-electron chi connectivity index (χ2n) is 6.75. The van der Waals surface area contributed by atoms with Gasteiger partial charge < -0.3 is 15.2 Å². The number of halogens is 4. The van der Waals surface area contributed by atoms with E-state index in [4.69, 9.17) is 0 Å². The molecular weight excluding hydrogens is 404 g/mol. The predicted molar refractivity (Wildman–Crippen MR) is 102 cm³/mol. The highest BCUT2D eigenvalue weighted by atomic mass is 19.4. The van der Waals surface area contributed by atoms with Crippen molar-refractivity contribution in [1.29, 1.82) is 0 Å². The number of rotatable bonds is 5. The first-order valence-electron chi connectivity index (χ1n) is 8.90. The minimum absolute atomic E-state index is 0.0829. The fourth-order valence-electron chi connectivity index (χ4n) is 3.12. The molecule has 0 bridgehead atoms. The third kappa shape index (κ3) is 4.76. The van der Waals surface area contributed by atoms with E-state index in [2.05, 4.69) is 15.6 Å². The summed E-state index contributed by atoms with van der Waals surface area (Å²) < 4.78 is 53.1. The van der Waals surface area contributed by atoms with Crippen molar-refractivity contribution in [3.63, 3.8) is 0 Å². The lowest BCUT2D eigenvalue weighted by Gasteiger charge is -2.18. The maximum atomic E-state index is 13.1. The lowest BCUT2D eigenvalue weighted by atomic mass is 10.0. The van der Waals surface area contributed by atoms with Crippen molar-refractivity contribution < 1.29 is 27.2 Å². The van der Waals surface area contributed by atoms with Crippen LogP contribution in [0.4, 0.5) is 23.2 Å². The van der Waals surface area contributed by atoms with Crippen molar-refractivity contribution in [2.24, 2.45) is 7.05 Å². The van der Waals surface area contributed by atoms with E-state index < -0.39 is 29.8 Å². The summed E-state index contributed by atoms with van der Waals surface area (Å²) in [6, 6.07) is 8.90. The molecule has 0 aliphatic carbocycles. The van der Waals surface area contributed by atoms with Gasteiger partial charge in [-0.05, 0) is 35.9 Å². The number of aryl methyl sites for hydroxylation is 1. The lowest BCUT2D eigenvalue weighted by Crippen LogP contribution is -2.29. The lowest BCUT2D eigenvalue weighted by molar-refractivity contribution is -0.146. The molecule has 0 unspecified atom stereocenters. The first kappa shape index (κ1) is 21.3. The van der Waals surface area contributed by atoms with Gasteiger partial charge in [0.05, 0.1) is 23.5 Å². The Morgan fingerprint density at radius 3 is 2.40 bits per heavy atom. The molecule has 0 radical (unpaired) electrons. The van der Waals surface area contributed by atoms with Crippen molar-refractivity contribution in [2.45, 2.75) is 25.6 Å². The van der Waals surface area contributed by atoms with E-state index in [1.807, 2.05) is 0 Å². The van der Waals surface area contributed by atoms with Crippen LogP contribution in [-0.4, -0.2) is 21.4 Å². The normalized spacial score (nSPS) is 12.6. The summed E-state index contributed by atoms with van der Waals surface area (Å²) in [6.07, 6.45) is -4.75. The summed E-state index contributed by atoms with van der Waals surface area (Å²) in [7, 11) is 1.26. The third-order valence-corrected chi connectivity index (χ3v) is 4.46. The molecule has 2 N–H and O–H groups in total. The smallest absolute Gasteiger partial charge is 0.349 e. The SMILES string of the molecule is CC(=O)N[C@H](CC(=O)Nc1ccc2c(c1)nc(C(F)(F)F)n2C)c1ccc(F)cc1. The molecule has 6 nitrogen and oxygen atoms in total. The Morgan fingerprint density at radius 1 is 1.13 bits per heavy atom. The number of aromatic nitrogens is 2. The fourth-order valence-corrected chi connectivity index (χ4v) is 3.12. The number of hydrogen-bond donors (Lipinski definition) is 2. The second kappa shape index (κ2) is 8.13. The number of amides is 2. The van der Waals surface area contributed by atoms with Crippen LogP contribution in [0.2, 0.25) is 0 Å². The quantitative estimate of drug-likeness (QED) is 0.612. The van der Waals surface area contributed by atoms with Gasteiger partial charge in [0, 0.05) is 19.7 Å². The van der Waals surface area contributed by atoms with E-state index >= 15 is 0 Å². The van der Waals surface area contributed by atoms with E-state index in [9.17, 15) is 27.2 Å². The number of nitrogens with one attached hydrogen (secondary N) is 2. The minimum atomic E-state index is -4.60. The maximum absolute atomic E-state index is 13.1. The highest BCUT2D eigenvalue weighted by molar-refractivity contribution is 5.93. The zero-order valence-electron chi connectivity index (χ0n) is 16.0. The number of carbonyl (C=O) groups excluding carboxylic acids is 2. The monoisotopic (exact) mass is 422 g/mol. The van der Waals surface area contributed by atoms with Gasteiger partial charge in [-0.1, -0.05) is 12.1 Å². The van der Waals surface area contributed by atoms with Crippen LogP contribution in [0.3, 0.4) is 0 Å². The van der Waals surface area contributed by atoms with Crippen LogP contribution >= 0.6 is 0 Å². The second-order valence-corrected chi connectivity index (χ2v) is 6.75. The highest BCUT2D eigenvalue weighted by Gasteiger charge is 2.36. The van der Waals surface area contributed by atoms with Crippen LogP contribution in [0.5, 0.6) is 0 Å². The van der Waals surface area contributed by atoms with E-state index in [1.54, 1.807) is 0 Å².